The number of benzene rings is 3. The van der Waals surface area contributed by atoms with Gasteiger partial charge in [-0.05, 0) is 118 Å². The third-order valence-electron chi connectivity index (χ3n) is 14.3. The van der Waals surface area contributed by atoms with E-state index in [-0.39, 0.29) is 63.6 Å². The number of aliphatic imine (C=N–C) groups is 1. The van der Waals surface area contributed by atoms with Gasteiger partial charge < -0.3 is 64.1 Å². The van der Waals surface area contributed by atoms with Gasteiger partial charge in [0.1, 0.15) is 29.4 Å². The standard InChI is InChI=1S/C56H78N12O8/c1-3-5-20-48(69)64-47-33-49(70)60-29-12-11-18-44(51(57)72)66-52(73)46(32-39-34-62-42-17-10-9-16-41(39)42)65-50(71)35-63-43(19-13-30-61-55(58)59)45(31-36-14-7-6-8-15-36)67-54(75)56(68-53(47)74)27-25-38(26-28-56)37-21-23-40(24-22-37)76-4-2/h6-10,14-17,21-24,34,38,43-47,62-63H,3-5,11-13,18-20,25-33,35H2,1-2H3,(H2,57,72)(H,60,70)(H,64,69)(H,65,71)(H,66,73)(H,67,75)(H,68,74)(H4,58,59,61)/t38?,43-,44+,45-,46+,47+,56?/m1/s1. The number of nitrogens with zero attached hydrogens (tertiary/aromatic N) is 1. The van der Waals surface area contributed by atoms with E-state index in [4.69, 9.17) is 21.9 Å². The lowest BCUT2D eigenvalue weighted by molar-refractivity contribution is -0.138. The van der Waals surface area contributed by atoms with Gasteiger partial charge in [0.15, 0.2) is 5.96 Å². The first-order valence-corrected chi connectivity index (χ1v) is 26.8. The van der Waals surface area contributed by atoms with Gasteiger partial charge in [0, 0.05) is 55.1 Å². The Morgan fingerprint density at radius 1 is 0.789 bits per heavy atom. The molecule has 0 radical (unpaired) electrons. The molecule has 20 nitrogen and oxygen atoms in total. The van der Waals surface area contributed by atoms with E-state index in [1.807, 2.05) is 92.7 Å². The summed E-state index contributed by atoms with van der Waals surface area (Å²) in [6.07, 6.45) is 6.32. The SMILES string of the molecule is CCCCC(=O)N[C@H]1CC(=O)NCCCC[C@@H](C(N)=O)NC(=O)[C@H](Cc2c[nH]c3ccccc23)NC(=O)CN[C@H](CCCN=C(N)N)[C@@H](Cc2ccccc2)NC(=O)C2(CCC(c3ccc(OCC)cc3)CC2)NC1=O. The van der Waals surface area contributed by atoms with Gasteiger partial charge in [-0.2, -0.15) is 0 Å². The number of amides is 7. The van der Waals surface area contributed by atoms with E-state index in [1.54, 1.807) is 6.20 Å². The number of para-hydroxylation sites is 1. The summed E-state index contributed by atoms with van der Waals surface area (Å²) in [4.78, 5) is 106. The monoisotopic (exact) mass is 1050 g/mol. The van der Waals surface area contributed by atoms with Crippen molar-refractivity contribution >= 4 is 58.2 Å². The van der Waals surface area contributed by atoms with Crippen molar-refractivity contribution in [3.8, 4) is 5.75 Å². The number of fused-ring (bicyclic) bond motifs is 1. The third-order valence-corrected chi connectivity index (χ3v) is 14.3. The van der Waals surface area contributed by atoms with Crippen molar-refractivity contribution in [2.24, 2.45) is 22.2 Å². The van der Waals surface area contributed by atoms with E-state index in [2.05, 4.69) is 47.2 Å². The zero-order valence-electron chi connectivity index (χ0n) is 43.9. The van der Waals surface area contributed by atoms with Gasteiger partial charge in [0.2, 0.25) is 41.4 Å². The number of carbonyl (C=O) groups excluding carboxylic acids is 7. The predicted octanol–water partition coefficient (Wildman–Crippen LogP) is 2.88. The first kappa shape index (κ1) is 57.8. The number of primary amides is 1. The van der Waals surface area contributed by atoms with Gasteiger partial charge in [-0.15, -0.1) is 0 Å². The minimum absolute atomic E-state index is 0.0450. The molecule has 7 amide bonds. The second-order valence-electron chi connectivity index (χ2n) is 20.0. The highest BCUT2D eigenvalue weighted by atomic mass is 16.5. The maximum absolute atomic E-state index is 15.5. The Balaban J connectivity index is 1.38. The highest BCUT2D eigenvalue weighted by molar-refractivity contribution is 5.97. The van der Waals surface area contributed by atoms with E-state index in [1.165, 1.54) is 0 Å². The molecule has 1 saturated heterocycles. The van der Waals surface area contributed by atoms with Crippen LogP contribution in [0.4, 0.5) is 0 Å². The maximum atomic E-state index is 15.5. The number of nitrogens with two attached hydrogens (primary N) is 3. The van der Waals surface area contributed by atoms with E-state index < -0.39 is 83.5 Å². The molecule has 3 aromatic carbocycles. The number of guanidine groups is 1. The van der Waals surface area contributed by atoms with Crippen LogP contribution in [0.15, 0.2) is 90.1 Å². The molecule has 1 aliphatic carbocycles. The smallest absolute Gasteiger partial charge is 0.246 e. The normalized spacial score (nSPS) is 23.7. The Hall–Kier alpha value is -7.48. The van der Waals surface area contributed by atoms with Crippen molar-refractivity contribution in [2.75, 3.05) is 26.2 Å². The number of rotatable bonds is 16. The second kappa shape index (κ2) is 29.0. The lowest BCUT2D eigenvalue weighted by Gasteiger charge is -2.42. The molecule has 76 heavy (non-hydrogen) atoms. The Morgan fingerprint density at radius 2 is 1.53 bits per heavy atom. The molecule has 2 aliphatic rings. The van der Waals surface area contributed by atoms with Crippen LogP contribution in [-0.4, -0.2) is 114 Å². The predicted molar refractivity (Wildman–Crippen MR) is 291 cm³/mol. The molecule has 2 heterocycles. The van der Waals surface area contributed by atoms with Crippen LogP contribution in [0.3, 0.4) is 0 Å². The summed E-state index contributed by atoms with van der Waals surface area (Å²) < 4.78 is 5.69. The van der Waals surface area contributed by atoms with Crippen molar-refractivity contribution in [2.45, 2.75) is 152 Å². The third kappa shape index (κ3) is 17.3. The fourth-order valence-electron chi connectivity index (χ4n) is 10.1. The molecule has 1 spiro atoms. The van der Waals surface area contributed by atoms with Gasteiger partial charge in [0.05, 0.1) is 19.6 Å². The van der Waals surface area contributed by atoms with Crippen LogP contribution in [0.1, 0.15) is 120 Å². The van der Waals surface area contributed by atoms with Crippen LogP contribution >= 0.6 is 0 Å². The van der Waals surface area contributed by atoms with Crippen molar-refractivity contribution in [1.82, 2.24) is 42.2 Å². The summed E-state index contributed by atoms with van der Waals surface area (Å²) in [5, 5.41) is 22.0. The number of hydrogen-bond acceptors (Lipinski definition) is 10. The number of ether oxygens (including phenoxy) is 1. The molecular formula is C56H78N12O8. The lowest BCUT2D eigenvalue weighted by atomic mass is 9.73. The van der Waals surface area contributed by atoms with Crippen LogP contribution in [0, 0.1) is 0 Å². The quantitative estimate of drug-likeness (QED) is 0.0441. The molecule has 6 rings (SSSR count). The van der Waals surface area contributed by atoms with Gasteiger partial charge in [-0.3, -0.25) is 38.6 Å². The fraction of sp³-hybridized carbons (Fsp3) is 0.500. The zero-order chi connectivity index (χ0) is 54.5. The van der Waals surface area contributed by atoms with E-state index in [0.29, 0.717) is 58.0 Å². The van der Waals surface area contributed by atoms with Crippen LogP contribution < -0.4 is 59.2 Å². The molecule has 20 heteroatoms. The Bertz CT molecular complexity index is 2590. The Labute approximate surface area is 445 Å². The van der Waals surface area contributed by atoms with Crippen molar-refractivity contribution in [3.05, 3.63) is 102 Å². The minimum Gasteiger partial charge on any atom is -0.494 e. The lowest BCUT2D eigenvalue weighted by Crippen LogP contribution is -2.66. The molecule has 1 aliphatic heterocycles. The molecular weight excluding hydrogens is 969 g/mol. The number of H-pyrrole nitrogens is 1. The van der Waals surface area contributed by atoms with Crippen LogP contribution in [0.2, 0.25) is 0 Å². The minimum atomic E-state index is -1.49. The molecule has 1 aromatic heterocycles. The second-order valence-corrected chi connectivity index (χ2v) is 20.0. The molecule has 4 aromatic rings. The first-order chi connectivity index (χ1) is 36.7. The number of unbranched alkanes of at least 4 members (excludes halogenated alkanes) is 1. The highest BCUT2D eigenvalue weighted by Gasteiger charge is 2.46. The van der Waals surface area contributed by atoms with Gasteiger partial charge in [0.25, 0.3) is 0 Å². The van der Waals surface area contributed by atoms with Crippen LogP contribution in [0.5, 0.6) is 5.75 Å². The topological polar surface area (TPSA) is 319 Å². The molecule has 0 bridgehead atoms. The number of aromatic nitrogens is 1. The summed E-state index contributed by atoms with van der Waals surface area (Å²) >= 11 is 0. The van der Waals surface area contributed by atoms with Crippen molar-refractivity contribution in [3.63, 3.8) is 0 Å². The summed E-state index contributed by atoms with van der Waals surface area (Å²) in [7, 11) is 0. The van der Waals surface area contributed by atoms with E-state index in [0.717, 1.165) is 39.8 Å². The largest absolute Gasteiger partial charge is 0.494 e. The first-order valence-electron chi connectivity index (χ1n) is 26.8. The Kier molecular flexibility index (Phi) is 22.0. The van der Waals surface area contributed by atoms with Crippen molar-refractivity contribution < 1.29 is 38.3 Å². The molecule has 14 N–H and O–H groups in total. The number of aromatic amines is 1. The van der Waals surface area contributed by atoms with E-state index in [9.17, 15) is 28.8 Å². The summed E-state index contributed by atoms with van der Waals surface area (Å²) in [5.41, 5.74) is 19.3. The highest BCUT2D eigenvalue weighted by Crippen LogP contribution is 2.39. The van der Waals surface area contributed by atoms with Crippen molar-refractivity contribution in [1.29, 1.82) is 0 Å². The van der Waals surface area contributed by atoms with E-state index >= 15 is 4.79 Å². The fourth-order valence-corrected chi connectivity index (χ4v) is 10.1. The summed E-state index contributed by atoms with van der Waals surface area (Å²) in [5.74, 6) is -3.30. The summed E-state index contributed by atoms with van der Waals surface area (Å²) in [6.45, 7) is 4.49. The van der Waals surface area contributed by atoms with Crippen LogP contribution in [0.25, 0.3) is 10.9 Å². The molecule has 1 saturated carbocycles. The molecule has 0 unspecified atom stereocenters. The van der Waals surface area contributed by atoms with Gasteiger partial charge >= 0.3 is 0 Å². The van der Waals surface area contributed by atoms with Gasteiger partial charge in [-0.25, -0.2) is 0 Å². The number of nitrogens with one attached hydrogen (secondary N) is 8. The molecule has 410 valence electrons. The number of carbonyl (C=O) groups is 7. The Morgan fingerprint density at radius 3 is 2.24 bits per heavy atom. The summed E-state index contributed by atoms with van der Waals surface area (Å²) in [6, 6.07) is 20.1. The zero-order valence-corrected chi connectivity index (χ0v) is 43.9. The molecule has 2 fully saturated rings. The van der Waals surface area contributed by atoms with Gasteiger partial charge in [-0.1, -0.05) is 74.0 Å². The number of hydrogen-bond donors (Lipinski definition) is 11. The van der Waals surface area contributed by atoms with Crippen LogP contribution in [-0.2, 0) is 46.4 Å². The maximum Gasteiger partial charge on any atom is 0.246 e. The molecule has 5 atom stereocenters. The average Bonchev–Trinajstić information content (AvgIpc) is 3.81. The average molecular weight is 1050 g/mol.